The van der Waals surface area contributed by atoms with Crippen LogP contribution in [0.4, 0.5) is 5.69 Å². The molecular formula is C17H18Cl2N2O3S2. The maximum absolute atomic E-state index is 12.4. The Labute approximate surface area is 167 Å². The summed E-state index contributed by atoms with van der Waals surface area (Å²) in [4.78, 5) is 13.9. The number of rotatable bonds is 6. The molecule has 2 heterocycles. The third-order valence-corrected chi connectivity index (χ3v) is 7.33. The van der Waals surface area contributed by atoms with Gasteiger partial charge in [-0.05, 0) is 36.1 Å². The highest BCUT2D eigenvalue weighted by Crippen LogP contribution is 2.34. The monoisotopic (exact) mass is 432 g/mol. The molecule has 26 heavy (non-hydrogen) atoms. The van der Waals surface area contributed by atoms with Gasteiger partial charge in [0.05, 0.1) is 4.34 Å². The van der Waals surface area contributed by atoms with E-state index in [2.05, 4.69) is 4.72 Å². The molecule has 1 N–H and O–H groups in total. The number of nitrogens with one attached hydrogen (secondary N) is 1. The fraction of sp³-hybridized carbons (Fsp3) is 0.353. The van der Waals surface area contributed by atoms with E-state index in [-0.39, 0.29) is 21.7 Å². The van der Waals surface area contributed by atoms with E-state index in [9.17, 15) is 13.2 Å². The Morgan fingerprint density at radius 2 is 2.00 bits per heavy atom. The third kappa shape index (κ3) is 4.07. The summed E-state index contributed by atoms with van der Waals surface area (Å²) >= 11 is 12.8. The van der Waals surface area contributed by atoms with Gasteiger partial charge in [0.15, 0.2) is 0 Å². The van der Waals surface area contributed by atoms with Gasteiger partial charge in [0.1, 0.15) is 9.23 Å². The SMILES string of the molecule is CCCN1C(=O)CCc2cc(CNS(=O)(=O)c3cc(Cl)sc3Cl)ccc21. The minimum Gasteiger partial charge on any atom is -0.312 e. The lowest BCUT2D eigenvalue weighted by atomic mass is 9.98. The summed E-state index contributed by atoms with van der Waals surface area (Å²) < 4.78 is 27.8. The average Bonchev–Trinajstić information content (AvgIpc) is 2.95. The first kappa shape index (κ1) is 19.6. The van der Waals surface area contributed by atoms with E-state index >= 15 is 0 Å². The minimum absolute atomic E-state index is 0.00755. The van der Waals surface area contributed by atoms with Crippen molar-refractivity contribution in [1.82, 2.24) is 4.72 Å². The van der Waals surface area contributed by atoms with Crippen LogP contribution in [0.2, 0.25) is 8.67 Å². The van der Waals surface area contributed by atoms with Gasteiger partial charge in [0.25, 0.3) is 0 Å². The van der Waals surface area contributed by atoms with E-state index in [1.807, 2.05) is 25.1 Å². The topological polar surface area (TPSA) is 66.5 Å². The molecule has 0 spiro atoms. The first-order valence-electron chi connectivity index (χ1n) is 8.18. The Morgan fingerprint density at radius 1 is 1.23 bits per heavy atom. The van der Waals surface area contributed by atoms with Gasteiger partial charge >= 0.3 is 0 Å². The summed E-state index contributed by atoms with van der Waals surface area (Å²) in [6.45, 7) is 2.86. The lowest BCUT2D eigenvalue weighted by molar-refractivity contribution is -0.118. The molecule has 1 aliphatic heterocycles. The van der Waals surface area contributed by atoms with Gasteiger partial charge in [-0.1, -0.05) is 42.3 Å². The van der Waals surface area contributed by atoms with Crippen molar-refractivity contribution in [2.45, 2.75) is 37.6 Å². The van der Waals surface area contributed by atoms with E-state index in [0.717, 1.165) is 34.6 Å². The van der Waals surface area contributed by atoms with E-state index < -0.39 is 10.0 Å². The average molecular weight is 433 g/mol. The Morgan fingerprint density at radius 3 is 2.65 bits per heavy atom. The molecule has 1 aliphatic rings. The predicted molar refractivity (Wildman–Crippen MR) is 106 cm³/mol. The number of halogens is 2. The highest BCUT2D eigenvalue weighted by Gasteiger charge is 2.24. The first-order valence-corrected chi connectivity index (χ1v) is 11.2. The number of benzene rings is 1. The number of hydrogen-bond acceptors (Lipinski definition) is 4. The van der Waals surface area contributed by atoms with Crippen LogP contribution in [0.3, 0.4) is 0 Å². The molecule has 3 rings (SSSR count). The zero-order valence-corrected chi connectivity index (χ0v) is 17.2. The lowest BCUT2D eigenvalue weighted by Gasteiger charge is -2.29. The molecule has 0 saturated heterocycles. The maximum Gasteiger partial charge on any atom is 0.243 e. The van der Waals surface area contributed by atoms with E-state index in [1.54, 1.807) is 4.90 Å². The van der Waals surface area contributed by atoms with Crippen LogP contribution in [0.5, 0.6) is 0 Å². The number of thiophene rings is 1. The number of fused-ring (bicyclic) bond motifs is 1. The smallest absolute Gasteiger partial charge is 0.243 e. The number of sulfonamides is 1. The van der Waals surface area contributed by atoms with Gasteiger partial charge in [-0.2, -0.15) is 0 Å². The van der Waals surface area contributed by atoms with Crippen molar-refractivity contribution in [3.8, 4) is 0 Å². The molecule has 1 aromatic carbocycles. The molecule has 140 valence electrons. The van der Waals surface area contributed by atoms with Gasteiger partial charge < -0.3 is 4.90 Å². The van der Waals surface area contributed by atoms with Crippen LogP contribution in [0.15, 0.2) is 29.2 Å². The zero-order valence-electron chi connectivity index (χ0n) is 14.1. The van der Waals surface area contributed by atoms with Crippen LogP contribution in [0.25, 0.3) is 0 Å². The van der Waals surface area contributed by atoms with Crippen LogP contribution in [0.1, 0.15) is 30.9 Å². The van der Waals surface area contributed by atoms with Gasteiger partial charge in [0.2, 0.25) is 15.9 Å². The second kappa shape index (κ2) is 7.86. The number of carbonyl (C=O) groups is 1. The second-order valence-electron chi connectivity index (χ2n) is 6.02. The first-order chi connectivity index (χ1) is 12.3. The van der Waals surface area contributed by atoms with Crippen molar-refractivity contribution in [2.24, 2.45) is 0 Å². The number of carbonyl (C=O) groups excluding carboxylic acids is 1. The van der Waals surface area contributed by atoms with Crippen molar-refractivity contribution in [1.29, 1.82) is 0 Å². The van der Waals surface area contributed by atoms with Gasteiger partial charge in [-0.15, -0.1) is 11.3 Å². The van der Waals surface area contributed by atoms with Crippen LogP contribution < -0.4 is 9.62 Å². The van der Waals surface area contributed by atoms with Gasteiger partial charge in [-0.25, -0.2) is 13.1 Å². The zero-order chi connectivity index (χ0) is 18.9. The standard InChI is InChI=1S/C17H18Cl2N2O3S2/c1-2-7-21-13-5-3-11(8-12(13)4-6-16(21)22)10-20-26(23,24)14-9-15(18)25-17(14)19/h3,5,8-9,20H,2,4,6-7,10H2,1H3. The molecule has 2 aromatic rings. The molecule has 5 nitrogen and oxygen atoms in total. The molecule has 9 heteroatoms. The third-order valence-electron chi connectivity index (χ3n) is 4.17. The highest BCUT2D eigenvalue weighted by atomic mass is 35.5. The Balaban J connectivity index is 1.78. The number of hydrogen-bond donors (Lipinski definition) is 1. The van der Waals surface area contributed by atoms with E-state index in [1.165, 1.54) is 6.07 Å². The Hall–Kier alpha value is -1.12. The number of aryl methyl sites for hydroxylation is 1. The summed E-state index contributed by atoms with van der Waals surface area (Å²) in [5, 5.41) is 0. The highest BCUT2D eigenvalue weighted by molar-refractivity contribution is 7.89. The summed E-state index contributed by atoms with van der Waals surface area (Å²) in [6, 6.07) is 7.03. The Kier molecular flexibility index (Phi) is 5.94. The van der Waals surface area contributed by atoms with Crippen LogP contribution >= 0.6 is 34.5 Å². The van der Waals surface area contributed by atoms with Crippen molar-refractivity contribution in [2.75, 3.05) is 11.4 Å². The summed E-state index contributed by atoms with van der Waals surface area (Å²) in [5.41, 5.74) is 2.81. The van der Waals surface area contributed by atoms with Gasteiger partial charge in [-0.3, -0.25) is 4.79 Å². The number of amides is 1. The summed E-state index contributed by atoms with van der Waals surface area (Å²) in [7, 11) is -3.74. The molecule has 0 saturated carbocycles. The second-order valence-corrected chi connectivity index (χ2v) is 10.0. The van der Waals surface area contributed by atoms with Crippen molar-refractivity contribution in [3.63, 3.8) is 0 Å². The molecule has 1 aromatic heterocycles. The van der Waals surface area contributed by atoms with Gasteiger partial charge in [0, 0.05) is 25.2 Å². The lowest BCUT2D eigenvalue weighted by Crippen LogP contribution is -2.35. The fourth-order valence-corrected chi connectivity index (χ4v) is 6.12. The quantitative estimate of drug-likeness (QED) is 0.742. The van der Waals surface area contributed by atoms with E-state index in [0.29, 0.717) is 23.7 Å². The maximum atomic E-state index is 12.4. The number of anilines is 1. The molecule has 0 unspecified atom stereocenters. The largest absolute Gasteiger partial charge is 0.312 e. The molecular weight excluding hydrogens is 415 g/mol. The predicted octanol–water partition coefficient (Wildman–Crippen LogP) is 4.22. The summed E-state index contributed by atoms with van der Waals surface area (Å²) in [5.74, 6) is 0.136. The van der Waals surface area contributed by atoms with Crippen LogP contribution in [0, 0.1) is 0 Å². The van der Waals surface area contributed by atoms with Crippen LogP contribution in [-0.2, 0) is 27.8 Å². The van der Waals surface area contributed by atoms with Crippen LogP contribution in [-0.4, -0.2) is 20.9 Å². The minimum atomic E-state index is -3.74. The van der Waals surface area contributed by atoms with Crippen molar-refractivity contribution in [3.05, 3.63) is 44.1 Å². The van der Waals surface area contributed by atoms with Crippen molar-refractivity contribution >= 4 is 56.2 Å². The molecule has 0 aliphatic carbocycles. The molecule has 1 amide bonds. The normalized spacial score (nSPS) is 14.6. The fourth-order valence-electron chi connectivity index (χ4n) is 2.96. The number of nitrogens with zero attached hydrogens (tertiary/aromatic N) is 1. The molecule has 0 atom stereocenters. The molecule has 0 radical (unpaired) electrons. The molecule has 0 fully saturated rings. The Bertz CT molecular complexity index is 941. The van der Waals surface area contributed by atoms with Crippen molar-refractivity contribution < 1.29 is 13.2 Å². The molecule has 0 bridgehead atoms. The van der Waals surface area contributed by atoms with E-state index in [4.69, 9.17) is 23.2 Å². The summed E-state index contributed by atoms with van der Waals surface area (Å²) in [6.07, 6.45) is 2.03.